The third-order valence-electron chi connectivity index (χ3n) is 2.35. The van der Waals surface area contributed by atoms with Crippen LogP contribution in [0, 0.1) is 11.8 Å². The number of nitrogens with zero attached hydrogens (tertiary/aromatic N) is 2. The summed E-state index contributed by atoms with van der Waals surface area (Å²) in [6.07, 6.45) is -0.0449. The average molecular weight is 238 g/mol. The Balaban J connectivity index is 2.39. The van der Waals surface area contributed by atoms with Gasteiger partial charge in [0.25, 0.3) is 5.91 Å². The molecule has 0 spiro atoms. The number of likely N-dealkylation sites (tertiary alicyclic amines) is 1. The summed E-state index contributed by atoms with van der Waals surface area (Å²) in [7, 11) is 3.87. The van der Waals surface area contributed by atoms with E-state index < -0.39 is 12.1 Å². The van der Waals surface area contributed by atoms with E-state index >= 15 is 0 Å². The van der Waals surface area contributed by atoms with Crippen LogP contribution in [0.2, 0.25) is 0 Å². The Morgan fingerprint density at radius 2 is 2.24 bits per heavy atom. The first kappa shape index (κ1) is 13.5. The molecule has 5 nitrogen and oxygen atoms in total. The van der Waals surface area contributed by atoms with Gasteiger partial charge in [0.15, 0.2) is 6.10 Å². The highest BCUT2D eigenvalue weighted by Gasteiger charge is 2.33. The summed E-state index contributed by atoms with van der Waals surface area (Å²) in [6, 6.07) is 0. The molecule has 0 aromatic heterocycles. The molecule has 0 aromatic carbocycles. The number of amides is 1. The van der Waals surface area contributed by atoms with Gasteiger partial charge in [-0.2, -0.15) is 0 Å². The Bertz CT molecular complexity index is 354. The minimum Gasteiger partial charge on any atom is -0.452 e. The van der Waals surface area contributed by atoms with Gasteiger partial charge in [-0.1, -0.05) is 11.8 Å². The second-order valence-electron chi connectivity index (χ2n) is 4.24. The Kier molecular flexibility index (Phi) is 4.98. The number of carbonyl (C=O) groups is 2. The highest BCUT2D eigenvalue weighted by atomic mass is 16.5. The van der Waals surface area contributed by atoms with Gasteiger partial charge in [0.1, 0.15) is 0 Å². The van der Waals surface area contributed by atoms with Crippen molar-refractivity contribution in [2.45, 2.75) is 19.4 Å². The van der Waals surface area contributed by atoms with Crippen LogP contribution in [0.4, 0.5) is 0 Å². The van der Waals surface area contributed by atoms with Crippen molar-refractivity contribution < 1.29 is 14.3 Å². The number of hydrogen-bond donors (Lipinski definition) is 0. The van der Waals surface area contributed by atoms with Gasteiger partial charge >= 0.3 is 5.97 Å². The topological polar surface area (TPSA) is 49.9 Å². The fourth-order valence-electron chi connectivity index (χ4n) is 1.54. The number of rotatable bonds is 3. The molecule has 1 aliphatic heterocycles. The summed E-state index contributed by atoms with van der Waals surface area (Å²) in [5, 5.41) is 0. The van der Waals surface area contributed by atoms with Crippen LogP contribution < -0.4 is 0 Å². The molecule has 0 N–H and O–H groups in total. The molecule has 94 valence electrons. The first-order valence-corrected chi connectivity index (χ1v) is 5.57. The first-order chi connectivity index (χ1) is 8.00. The van der Waals surface area contributed by atoms with E-state index in [9.17, 15) is 9.59 Å². The van der Waals surface area contributed by atoms with Gasteiger partial charge in [-0.05, 0) is 14.1 Å². The quantitative estimate of drug-likeness (QED) is 0.501. The van der Waals surface area contributed by atoms with Gasteiger partial charge < -0.3 is 9.64 Å². The van der Waals surface area contributed by atoms with Gasteiger partial charge in [-0.3, -0.25) is 14.5 Å². The molecule has 1 saturated heterocycles. The van der Waals surface area contributed by atoms with Crippen molar-refractivity contribution in [3.63, 3.8) is 0 Å². The van der Waals surface area contributed by atoms with Crippen molar-refractivity contribution in [2.75, 3.05) is 33.7 Å². The van der Waals surface area contributed by atoms with E-state index in [2.05, 4.69) is 11.8 Å². The van der Waals surface area contributed by atoms with Gasteiger partial charge in [0.2, 0.25) is 0 Å². The van der Waals surface area contributed by atoms with Crippen molar-refractivity contribution in [3.05, 3.63) is 0 Å². The normalized spacial score (nSPS) is 19.2. The molecular formula is C12H18N2O3. The molecule has 1 heterocycles. The van der Waals surface area contributed by atoms with Gasteiger partial charge in [0.05, 0.1) is 13.1 Å². The van der Waals surface area contributed by atoms with Crippen LogP contribution in [0.25, 0.3) is 0 Å². The molecular weight excluding hydrogens is 220 g/mol. The molecule has 0 saturated carbocycles. The lowest BCUT2D eigenvalue weighted by atomic mass is 10.3. The van der Waals surface area contributed by atoms with Gasteiger partial charge in [-0.15, -0.1) is 0 Å². The number of hydrogen-bond acceptors (Lipinski definition) is 4. The molecule has 0 aliphatic carbocycles. The maximum absolute atomic E-state index is 11.7. The monoisotopic (exact) mass is 238 g/mol. The summed E-state index contributed by atoms with van der Waals surface area (Å²) in [5.74, 6) is 5.35. The third kappa shape index (κ3) is 4.45. The molecule has 1 rings (SSSR count). The minimum atomic E-state index is -0.608. The zero-order chi connectivity index (χ0) is 12.8. The molecule has 1 atom stereocenters. The van der Waals surface area contributed by atoms with Crippen LogP contribution in [-0.2, 0) is 14.3 Å². The average Bonchev–Trinajstić information content (AvgIpc) is 2.55. The number of ether oxygens (including phenoxy) is 1. The smallest absolute Gasteiger partial charge is 0.303 e. The van der Waals surface area contributed by atoms with Crippen LogP contribution in [0.1, 0.15) is 13.3 Å². The van der Waals surface area contributed by atoms with Crippen LogP contribution in [-0.4, -0.2) is 61.5 Å². The number of esters is 1. The maximum Gasteiger partial charge on any atom is 0.303 e. The molecule has 0 unspecified atom stereocenters. The molecule has 1 aliphatic rings. The second kappa shape index (κ2) is 6.26. The lowest BCUT2D eigenvalue weighted by molar-refractivity contribution is -0.154. The third-order valence-corrected chi connectivity index (χ3v) is 2.35. The lowest BCUT2D eigenvalue weighted by Crippen LogP contribution is -2.32. The lowest BCUT2D eigenvalue weighted by Gasteiger charge is -2.12. The van der Waals surface area contributed by atoms with Crippen LogP contribution >= 0.6 is 0 Å². The zero-order valence-corrected chi connectivity index (χ0v) is 10.5. The van der Waals surface area contributed by atoms with Crippen LogP contribution in [0.15, 0.2) is 0 Å². The Morgan fingerprint density at radius 3 is 2.82 bits per heavy atom. The molecule has 5 heteroatoms. The Morgan fingerprint density at radius 1 is 1.53 bits per heavy atom. The van der Waals surface area contributed by atoms with E-state index in [4.69, 9.17) is 4.74 Å². The Hall–Kier alpha value is -1.54. The van der Waals surface area contributed by atoms with Crippen LogP contribution in [0.5, 0.6) is 0 Å². The molecule has 0 bridgehead atoms. The van der Waals surface area contributed by atoms with E-state index in [1.807, 2.05) is 19.0 Å². The summed E-state index contributed by atoms with van der Waals surface area (Å²) >= 11 is 0. The highest BCUT2D eigenvalue weighted by molar-refractivity contribution is 5.85. The first-order valence-electron chi connectivity index (χ1n) is 5.57. The van der Waals surface area contributed by atoms with Crippen molar-refractivity contribution in [1.29, 1.82) is 0 Å². The van der Waals surface area contributed by atoms with E-state index in [1.165, 1.54) is 6.92 Å². The predicted octanol–water partition coefficient (Wildman–Crippen LogP) is -0.285. The molecule has 0 aromatic rings. The minimum absolute atomic E-state index is 0.139. The fraction of sp³-hybridized carbons (Fsp3) is 0.667. The molecule has 1 amide bonds. The largest absolute Gasteiger partial charge is 0.452 e. The van der Waals surface area contributed by atoms with E-state index in [1.54, 1.807) is 4.90 Å². The molecule has 0 radical (unpaired) electrons. The summed E-state index contributed by atoms with van der Waals surface area (Å²) in [4.78, 5) is 26.1. The maximum atomic E-state index is 11.7. The second-order valence-corrected chi connectivity index (χ2v) is 4.24. The van der Waals surface area contributed by atoms with Crippen molar-refractivity contribution in [1.82, 2.24) is 9.80 Å². The number of carbonyl (C=O) groups excluding carboxylic acids is 2. The summed E-state index contributed by atoms with van der Waals surface area (Å²) < 4.78 is 4.91. The van der Waals surface area contributed by atoms with Crippen molar-refractivity contribution in [2.24, 2.45) is 0 Å². The standard InChI is InChI=1S/C12H18N2O3/c1-10(15)17-11-6-9-14(12(11)16)8-5-4-7-13(2)3/h11H,6-9H2,1-3H3/t11-/m1/s1. The fourth-order valence-corrected chi connectivity index (χ4v) is 1.54. The van der Waals surface area contributed by atoms with Crippen molar-refractivity contribution in [3.8, 4) is 11.8 Å². The summed E-state index contributed by atoms with van der Waals surface area (Å²) in [6.45, 7) is 3.00. The highest BCUT2D eigenvalue weighted by Crippen LogP contribution is 2.13. The van der Waals surface area contributed by atoms with E-state index in [-0.39, 0.29) is 5.91 Å². The SMILES string of the molecule is CC(=O)O[C@@H]1CCN(CC#CCN(C)C)C1=O. The summed E-state index contributed by atoms with van der Waals surface area (Å²) in [5.41, 5.74) is 0. The van der Waals surface area contributed by atoms with E-state index in [0.717, 1.165) is 0 Å². The molecule has 17 heavy (non-hydrogen) atoms. The van der Waals surface area contributed by atoms with Gasteiger partial charge in [-0.25, -0.2) is 0 Å². The van der Waals surface area contributed by atoms with Crippen LogP contribution in [0.3, 0.4) is 0 Å². The van der Waals surface area contributed by atoms with Crippen molar-refractivity contribution >= 4 is 11.9 Å². The van der Waals surface area contributed by atoms with Gasteiger partial charge in [0, 0.05) is 19.9 Å². The zero-order valence-electron chi connectivity index (χ0n) is 10.5. The van der Waals surface area contributed by atoms with E-state index in [0.29, 0.717) is 26.1 Å². The predicted molar refractivity (Wildman–Crippen MR) is 63.1 cm³/mol. The Labute approximate surface area is 102 Å². The molecule has 1 fully saturated rings.